The Kier molecular flexibility index (Phi) is 4.01. The number of nitrogens with zero attached hydrogens (tertiary/aromatic N) is 1. The van der Waals surface area contributed by atoms with Gasteiger partial charge in [0.2, 0.25) is 0 Å². The van der Waals surface area contributed by atoms with E-state index in [1.807, 2.05) is 6.92 Å². The topological polar surface area (TPSA) is 60.5 Å². The Balaban J connectivity index is 2.23. The standard InChI is InChI=1S/C13H14N2O3S/c1-8-7-14-13(19-8)15-12(16)10-5-4-9(17-2)6-11(10)18-3/h4-7H,1-3H3,(H,14,15,16). The molecular weight excluding hydrogens is 264 g/mol. The van der Waals surface area contributed by atoms with Crippen LogP contribution in [-0.4, -0.2) is 25.1 Å². The fourth-order valence-electron chi connectivity index (χ4n) is 1.56. The molecule has 1 amide bonds. The Morgan fingerprint density at radius 3 is 2.68 bits per heavy atom. The molecule has 0 unspecified atom stereocenters. The highest BCUT2D eigenvalue weighted by Gasteiger charge is 2.14. The number of rotatable bonds is 4. The summed E-state index contributed by atoms with van der Waals surface area (Å²) in [7, 11) is 3.08. The van der Waals surface area contributed by atoms with E-state index < -0.39 is 0 Å². The Bertz CT molecular complexity index is 595. The van der Waals surface area contributed by atoms with E-state index in [-0.39, 0.29) is 5.91 Å². The molecule has 19 heavy (non-hydrogen) atoms. The molecule has 0 aliphatic carbocycles. The van der Waals surface area contributed by atoms with Crippen LogP contribution in [0.5, 0.6) is 11.5 Å². The van der Waals surface area contributed by atoms with Crippen molar-refractivity contribution < 1.29 is 14.3 Å². The molecule has 5 nitrogen and oxygen atoms in total. The molecule has 1 aromatic heterocycles. The highest BCUT2D eigenvalue weighted by atomic mass is 32.1. The van der Waals surface area contributed by atoms with Gasteiger partial charge < -0.3 is 9.47 Å². The zero-order valence-corrected chi connectivity index (χ0v) is 11.7. The van der Waals surface area contributed by atoms with Gasteiger partial charge in [-0.3, -0.25) is 10.1 Å². The molecule has 1 heterocycles. The van der Waals surface area contributed by atoms with Crippen LogP contribution in [0.3, 0.4) is 0 Å². The Hall–Kier alpha value is -2.08. The molecule has 0 aliphatic rings. The summed E-state index contributed by atoms with van der Waals surface area (Å²) in [5.41, 5.74) is 0.441. The summed E-state index contributed by atoms with van der Waals surface area (Å²) in [5.74, 6) is 0.845. The molecule has 0 radical (unpaired) electrons. The van der Waals surface area contributed by atoms with Gasteiger partial charge in [0.1, 0.15) is 11.5 Å². The maximum Gasteiger partial charge on any atom is 0.261 e. The Morgan fingerprint density at radius 2 is 2.11 bits per heavy atom. The average molecular weight is 278 g/mol. The van der Waals surface area contributed by atoms with Crippen molar-refractivity contribution in [3.8, 4) is 11.5 Å². The van der Waals surface area contributed by atoms with Crippen LogP contribution in [0.1, 0.15) is 15.2 Å². The number of carbonyl (C=O) groups excluding carboxylic acids is 1. The van der Waals surface area contributed by atoms with Crippen molar-refractivity contribution in [3.63, 3.8) is 0 Å². The minimum Gasteiger partial charge on any atom is -0.497 e. The summed E-state index contributed by atoms with van der Waals surface area (Å²) in [5, 5.41) is 3.31. The number of anilines is 1. The normalized spacial score (nSPS) is 10.1. The fourth-order valence-corrected chi connectivity index (χ4v) is 2.22. The van der Waals surface area contributed by atoms with Crippen molar-refractivity contribution in [2.75, 3.05) is 19.5 Å². The maximum absolute atomic E-state index is 12.1. The van der Waals surface area contributed by atoms with E-state index in [4.69, 9.17) is 9.47 Å². The number of aromatic nitrogens is 1. The van der Waals surface area contributed by atoms with Gasteiger partial charge in [-0.05, 0) is 19.1 Å². The van der Waals surface area contributed by atoms with Gasteiger partial charge in [0.15, 0.2) is 5.13 Å². The number of ether oxygens (including phenoxy) is 2. The second kappa shape index (κ2) is 5.71. The molecule has 0 fully saturated rings. The number of hydrogen-bond acceptors (Lipinski definition) is 5. The van der Waals surface area contributed by atoms with E-state index in [0.717, 1.165) is 4.88 Å². The zero-order chi connectivity index (χ0) is 13.8. The summed E-state index contributed by atoms with van der Waals surface area (Å²) in [6.45, 7) is 1.93. The van der Waals surface area contributed by atoms with Crippen LogP contribution in [0.15, 0.2) is 24.4 Å². The second-order valence-corrected chi connectivity index (χ2v) is 5.03. The molecule has 100 valence electrons. The van der Waals surface area contributed by atoms with Crippen molar-refractivity contribution in [1.29, 1.82) is 0 Å². The van der Waals surface area contributed by atoms with Crippen LogP contribution in [0.25, 0.3) is 0 Å². The number of benzene rings is 1. The van der Waals surface area contributed by atoms with Crippen LogP contribution < -0.4 is 14.8 Å². The molecule has 6 heteroatoms. The van der Waals surface area contributed by atoms with Crippen molar-refractivity contribution in [2.24, 2.45) is 0 Å². The van der Waals surface area contributed by atoms with E-state index in [1.165, 1.54) is 18.4 Å². The van der Waals surface area contributed by atoms with Gasteiger partial charge in [0.05, 0.1) is 19.8 Å². The van der Waals surface area contributed by atoms with E-state index in [9.17, 15) is 4.79 Å². The minimum atomic E-state index is -0.256. The first kappa shape index (κ1) is 13.4. The van der Waals surface area contributed by atoms with Gasteiger partial charge in [-0.1, -0.05) is 0 Å². The lowest BCUT2D eigenvalue weighted by molar-refractivity contribution is 0.102. The highest BCUT2D eigenvalue weighted by molar-refractivity contribution is 7.15. The summed E-state index contributed by atoms with van der Waals surface area (Å²) in [6, 6.07) is 5.04. The zero-order valence-electron chi connectivity index (χ0n) is 10.9. The number of hydrogen-bond donors (Lipinski definition) is 1. The first-order chi connectivity index (χ1) is 9.13. The monoisotopic (exact) mass is 278 g/mol. The van der Waals surface area contributed by atoms with Crippen LogP contribution >= 0.6 is 11.3 Å². The van der Waals surface area contributed by atoms with Crippen LogP contribution in [0.2, 0.25) is 0 Å². The van der Waals surface area contributed by atoms with Crippen LogP contribution in [-0.2, 0) is 0 Å². The third-order valence-corrected chi connectivity index (χ3v) is 3.32. The lowest BCUT2D eigenvalue weighted by Crippen LogP contribution is -2.13. The first-order valence-electron chi connectivity index (χ1n) is 5.60. The minimum absolute atomic E-state index is 0.256. The van der Waals surface area contributed by atoms with Crippen molar-refractivity contribution in [1.82, 2.24) is 4.98 Å². The Labute approximate surface area is 115 Å². The van der Waals surface area contributed by atoms with Crippen molar-refractivity contribution in [2.45, 2.75) is 6.92 Å². The molecule has 0 saturated heterocycles. The lowest BCUT2D eigenvalue weighted by Gasteiger charge is -2.09. The van der Waals surface area contributed by atoms with Gasteiger partial charge in [0, 0.05) is 17.1 Å². The van der Waals surface area contributed by atoms with E-state index in [1.54, 1.807) is 31.5 Å². The third-order valence-electron chi connectivity index (χ3n) is 2.50. The lowest BCUT2D eigenvalue weighted by atomic mass is 10.2. The fraction of sp³-hybridized carbons (Fsp3) is 0.231. The summed E-state index contributed by atoms with van der Waals surface area (Å²) >= 11 is 1.42. The molecule has 0 bridgehead atoms. The number of nitrogens with one attached hydrogen (secondary N) is 1. The molecule has 0 spiro atoms. The van der Waals surface area contributed by atoms with Gasteiger partial charge in [0.25, 0.3) is 5.91 Å². The molecule has 1 N–H and O–H groups in total. The molecule has 2 rings (SSSR count). The number of methoxy groups -OCH3 is 2. The number of amides is 1. The van der Waals surface area contributed by atoms with Gasteiger partial charge in [-0.25, -0.2) is 4.98 Å². The predicted octanol–water partition coefficient (Wildman–Crippen LogP) is 2.72. The van der Waals surface area contributed by atoms with Gasteiger partial charge in [-0.2, -0.15) is 0 Å². The summed E-state index contributed by atoms with van der Waals surface area (Å²) in [4.78, 5) is 17.3. The Morgan fingerprint density at radius 1 is 1.32 bits per heavy atom. The summed E-state index contributed by atoms with van der Waals surface area (Å²) in [6.07, 6.45) is 1.71. The van der Waals surface area contributed by atoms with Crippen LogP contribution in [0.4, 0.5) is 5.13 Å². The smallest absolute Gasteiger partial charge is 0.261 e. The van der Waals surface area contributed by atoms with Gasteiger partial charge >= 0.3 is 0 Å². The first-order valence-corrected chi connectivity index (χ1v) is 6.41. The number of thiazole rings is 1. The molecular formula is C13H14N2O3S. The predicted molar refractivity (Wildman–Crippen MR) is 74.4 cm³/mol. The van der Waals surface area contributed by atoms with Crippen molar-refractivity contribution >= 4 is 22.4 Å². The highest BCUT2D eigenvalue weighted by Crippen LogP contribution is 2.26. The molecule has 2 aromatic rings. The molecule has 0 atom stereocenters. The maximum atomic E-state index is 12.1. The second-order valence-electron chi connectivity index (χ2n) is 3.80. The molecule has 0 aliphatic heterocycles. The number of aryl methyl sites for hydroxylation is 1. The molecule has 1 aromatic carbocycles. The molecule has 0 saturated carbocycles. The average Bonchev–Trinajstić information content (AvgIpc) is 2.83. The van der Waals surface area contributed by atoms with Gasteiger partial charge in [-0.15, -0.1) is 11.3 Å². The quantitative estimate of drug-likeness (QED) is 0.934. The van der Waals surface area contributed by atoms with Crippen LogP contribution in [0, 0.1) is 6.92 Å². The van der Waals surface area contributed by atoms with Crippen molar-refractivity contribution in [3.05, 3.63) is 34.8 Å². The van der Waals surface area contributed by atoms with E-state index >= 15 is 0 Å². The largest absolute Gasteiger partial charge is 0.497 e. The summed E-state index contributed by atoms with van der Waals surface area (Å²) < 4.78 is 10.3. The number of carbonyl (C=O) groups is 1. The third kappa shape index (κ3) is 3.03. The van der Waals surface area contributed by atoms with E-state index in [2.05, 4.69) is 10.3 Å². The SMILES string of the molecule is COc1ccc(C(=O)Nc2ncc(C)s2)c(OC)c1. The van der Waals surface area contributed by atoms with E-state index in [0.29, 0.717) is 22.2 Å².